The smallest absolute Gasteiger partial charge is 0.253 e. The van der Waals surface area contributed by atoms with E-state index >= 15 is 0 Å². The lowest BCUT2D eigenvalue weighted by atomic mass is 10.1. The lowest BCUT2D eigenvalue weighted by Gasteiger charge is -2.17. The largest absolute Gasteiger partial charge is 0.341 e. The highest BCUT2D eigenvalue weighted by molar-refractivity contribution is 5.94. The molecule has 0 unspecified atom stereocenters. The Morgan fingerprint density at radius 2 is 1.71 bits per heavy atom. The van der Waals surface area contributed by atoms with Gasteiger partial charge in [0.05, 0.1) is 0 Å². The Kier molecular flexibility index (Phi) is 4.57. The minimum Gasteiger partial charge on any atom is -0.341 e. The monoisotopic (exact) mass is 294 g/mol. The summed E-state index contributed by atoms with van der Waals surface area (Å²) in [6, 6.07) is 5.03. The normalized spacial score (nSPS) is 10.5. The van der Waals surface area contributed by atoms with Crippen molar-refractivity contribution in [1.82, 2.24) is 9.88 Å². The summed E-state index contributed by atoms with van der Waals surface area (Å²) < 4.78 is 39.1. The number of amides is 1. The van der Waals surface area contributed by atoms with Crippen LogP contribution in [0.1, 0.15) is 15.9 Å². The molecule has 0 aliphatic heterocycles. The Morgan fingerprint density at radius 3 is 2.29 bits per heavy atom. The van der Waals surface area contributed by atoms with Crippen molar-refractivity contribution in [3.05, 3.63) is 65.2 Å². The van der Waals surface area contributed by atoms with E-state index in [1.165, 1.54) is 11.9 Å². The van der Waals surface area contributed by atoms with Crippen LogP contribution in [0.3, 0.4) is 0 Å². The van der Waals surface area contributed by atoms with Gasteiger partial charge < -0.3 is 4.90 Å². The molecule has 1 aromatic carbocycles. The van der Waals surface area contributed by atoms with Gasteiger partial charge in [0, 0.05) is 31.5 Å². The molecule has 1 amide bonds. The van der Waals surface area contributed by atoms with E-state index in [1.807, 2.05) is 12.1 Å². The van der Waals surface area contributed by atoms with Crippen LogP contribution in [0.4, 0.5) is 13.2 Å². The molecule has 0 saturated heterocycles. The number of aromatic nitrogens is 1. The van der Waals surface area contributed by atoms with Crippen molar-refractivity contribution in [3.8, 4) is 0 Å². The predicted molar refractivity (Wildman–Crippen MR) is 71.2 cm³/mol. The third-order valence-electron chi connectivity index (χ3n) is 3.06. The zero-order chi connectivity index (χ0) is 15.4. The van der Waals surface area contributed by atoms with E-state index in [-0.39, 0.29) is 5.56 Å². The first-order valence-electron chi connectivity index (χ1n) is 6.28. The Hall–Kier alpha value is -2.37. The molecule has 0 saturated carbocycles. The van der Waals surface area contributed by atoms with Crippen molar-refractivity contribution < 1.29 is 18.0 Å². The average molecular weight is 294 g/mol. The predicted octanol–water partition coefficient (Wildman–Crippen LogP) is 2.81. The van der Waals surface area contributed by atoms with Crippen LogP contribution in [-0.2, 0) is 6.42 Å². The summed E-state index contributed by atoms with van der Waals surface area (Å²) in [7, 11) is 1.52. The molecule has 0 fully saturated rings. The van der Waals surface area contributed by atoms with Gasteiger partial charge in [0.25, 0.3) is 5.91 Å². The fraction of sp³-hybridized carbons (Fsp3) is 0.200. The van der Waals surface area contributed by atoms with Crippen molar-refractivity contribution >= 4 is 5.91 Å². The number of likely N-dealkylation sites (N-methyl/N-ethyl adjacent to an activating group) is 1. The summed E-state index contributed by atoms with van der Waals surface area (Å²) in [6.07, 6.45) is 3.86. The van der Waals surface area contributed by atoms with E-state index in [2.05, 4.69) is 4.98 Å². The number of nitrogens with zero attached hydrogens (tertiary/aromatic N) is 2. The van der Waals surface area contributed by atoms with Crippen molar-refractivity contribution in [3.63, 3.8) is 0 Å². The van der Waals surface area contributed by atoms with E-state index in [1.54, 1.807) is 12.4 Å². The third kappa shape index (κ3) is 3.59. The number of rotatable bonds is 4. The van der Waals surface area contributed by atoms with Crippen LogP contribution in [0.2, 0.25) is 0 Å². The first-order chi connectivity index (χ1) is 9.99. The van der Waals surface area contributed by atoms with Crippen LogP contribution in [0, 0.1) is 17.5 Å². The number of benzene rings is 1. The number of hydrogen-bond donors (Lipinski definition) is 0. The standard InChI is InChI=1S/C15H13F3N2O/c1-20(7-4-10-2-5-19-6-3-10)15(21)11-8-12(16)14(18)13(17)9-11/h2-3,5-6,8-9H,4,7H2,1H3. The molecular weight excluding hydrogens is 281 g/mol. The quantitative estimate of drug-likeness (QED) is 0.812. The molecule has 2 aromatic rings. The van der Waals surface area contributed by atoms with Crippen LogP contribution in [0.25, 0.3) is 0 Å². The van der Waals surface area contributed by atoms with Crippen molar-refractivity contribution in [1.29, 1.82) is 0 Å². The molecule has 0 bridgehead atoms. The maximum atomic E-state index is 13.1. The Bertz CT molecular complexity index is 624. The highest BCUT2D eigenvalue weighted by atomic mass is 19.2. The Balaban J connectivity index is 2.06. The van der Waals surface area contributed by atoms with E-state index in [9.17, 15) is 18.0 Å². The van der Waals surface area contributed by atoms with Gasteiger partial charge in [-0.3, -0.25) is 9.78 Å². The molecule has 110 valence electrons. The molecular formula is C15H13F3N2O. The molecule has 2 rings (SSSR count). The highest BCUT2D eigenvalue weighted by Gasteiger charge is 2.17. The first-order valence-corrected chi connectivity index (χ1v) is 6.28. The van der Waals surface area contributed by atoms with E-state index in [0.717, 1.165) is 5.56 Å². The number of halogens is 3. The van der Waals surface area contributed by atoms with Gasteiger partial charge in [-0.2, -0.15) is 0 Å². The second kappa shape index (κ2) is 6.39. The fourth-order valence-electron chi connectivity index (χ4n) is 1.85. The molecule has 0 N–H and O–H groups in total. The number of carbonyl (C=O) groups excluding carboxylic acids is 1. The molecule has 0 aliphatic rings. The van der Waals surface area contributed by atoms with Gasteiger partial charge in [-0.1, -0.05) is 0 Å². The van der Waals surface area contributed by atoms with E-state index < -0.39 is 23.4 Å². The van der Waals surface area contributed by atoms with E-state index in [0.29, 0.717) is 25.1 Å². The minimum atomic E-state index is -1.58. The first kappa shape index (κ1) is 15.0. The molecule has 3 nitrogen and oxygen atoms in total. The zero-order valence-corrected chi connectivity index (χ0v) is 11.3. The summed E-state index contributed by atoms with van der Waals surface area (Å²) in [5.74, 6) is -4.89. The third-order valence-corrected chi connectivity index (χ3v) is 3.06. The molecule has 6 heteroatoms. The van der Waals surface area contributed by atoms with Gasteiger partial charge in [-0.25, -0.2) is 13.2 Å². The number of carbonyl (C=O) groups is 1. The van der Waals surface area contributed by atoms with Gasteiger partial charge in [-0.05, 0) is 36.2 Å². The van der Waals surface area contributed by atoms with Crippen molar-refractivity contribution in [2.45, 2.75) is 6.42 Å². The second-order valence-electron chi connectivity index (χ2n) is 4.59. The second-order valence-corrected chi connectivity index (χ2v) is 4.59. The minimum absolute atomic E-state index is 0.219. The summed E-state index contributed by atoms with van der Waals surface area (Å²) in [5, 5.41) is 0. The van der Waals surface area contributed by atoms with Crippen molar-refractivity contribution in [2.75, 3.05) is 13.6 Å². The Labute approximate surface area is 120 Å². The summed E-state index contributed by atoms with van der Waals surface area (Å²) in [5.41, 5.74) is 0.768. The fourth-order valence-corrected chi connectivity index (χ4v) is 1.85. The van der Waals surface area contributed by atoms with Gasteiger partial charge >= 0.3 is 0 Å². The van der Waals surface area contributed by atoms with Crippen LogP contribution in [-0.4, -0.2) is 29.4 Å². The molecule has 0 radical (unpaired) electrons. The van der Waals surface area contributed by atoms with Gasteiger partial charge in [0.1, 0.15) is 0 Å². The molecule has 21 heavy (non-hydrogen) atoms. The maximum Gasteiger partial charge on any atom is 0.253 e. The van der Waals surface area contributed by atoms with Crippen LogP contribution in [0.15, 0.2) is 36.7 Å². The topological polar surface area (TPSA) is 33.2 Å². The number of pyridine rings is 1. The van der Waals surface area contributed by atoms with Crippen LogP contribution in [0.5, 0.6) is 0 Å². The maximum absolute atomic E-state index is 13.1. The molecule has 0 atom stereocenters. The van der Waals surface area contributed by atoms with Crippen LogP contribution >= 0.6 is 0 Å². The summed E-state index contributed by atoms with van der Waals surface area (Å²) in [4.78, 5) is 17.2. The lowest BCUT2D eigenvalue weighted by molar-refractivity contribution is 0.0795. The SMILES string of the molecule is CN(CCc1ccncc1)C(=O)c1cc(F)c(F)c(F)c1. The highest BCUT2D eigenvalue weighted by Crippen LogP contribution is 2.15. The van der Waals surface area contributed by atoms with Crippen LogP contribution < -0.4 is 0 Å². The van der Waals surface area contributed by atoms with Gasteiger partial charge in [0.15, 0.2) is 17.5 Å². The number of hydrogen-bond acceptors (Lipinski definition) is 2. The summed E-state index contributed by atoms with van der Waals surface area (Å²) in [6.45, 7) is 0.365. The molecule has 1 heterocycles. The molecule has 0 aliphatic carbocycles. The summed E-state index contributed by atoms with van der Waals surface area (Å²) >= 11 is 0. The van der Waals surface area contributed by atoms with Gasteiger partial charge in [-0.15, -0.1) is 0 Å². The molecule has 0 spiro atoms. The lowest BCUT2D eigenvalue weighted by Crippen LogP contribution is -2.29. The molecule has 1 aromatic heterocycles. The Morgan fingerprint density at radius 1 is 1.14 bits per heavy atom. The van der Waals surface area contributed by atoms with E-state index in [4.69, 9.17) is 0 Å². The average Bonchev–Trinajstić information content (AvgIpc) is 2.50. The van der Waals surface area contributed by atoms with Crippen molar-refractivity contribution in [2.24, 2.45) is 0 Å². The van der Waals surface area contributed by atoms with Gasteiger partial charge in [0.2, 0.25) is 0 Å². The zero-order valence-electron chi connectivity index (χ0n) is 11.3.